The Bertz CT molecular complexity index is 580. The zero-order valence-corrected chi connectivity index (χ0v) is 14.9. The Labute approximate surface area is 144 Å². The van der Waals surface area contributed by atoms with Crippen molar-refractivity contribution in [2.24, 2.45) is 0 Å². The smallest absolute Gasteiger partial charge is 0.148 e. The van der Waals surface area contributed by atoms with Crippen LogP contribution in [0.3, 0.4) is 0 Å². The summed E-state index contributed by atoms with van der Waals surface area (Å²) in [5.41, 5.74) is 3.94. The number of rotatable bonds is 2. The van der Waals surface area contributed by atoms with Crippen molar-refractivity contribution < 1.29 is 33.5 Å². The molecule has 21 heavy (non-hydrogen) atoms. The van der Waals surface area contributed by atoms with Gasteiger partial charge in [0.2, 0.25) is 0 Å². The van der Waals surface area contributed by atoms with Crippen LogP contribution in [0.1, 0.15) is 35.3 Å². The van der Waals surface area contributed by atoms with Crippen molar-refractivity contribution in [2.45, 2.75) is 25.5 Å². The average molecular weight is 395 g/mol. The lowest BCUT2D eigenvalue weighted by molar-refractivity contribution is -1.09. The van der Waals surface area contributed by atoms with Gasteiger partial charge in [-0.1, -0.05) is 60.2 Å². The summed E-state index contributed by atoms with van der Waals surface area (Å²) in [7, 11) is 4.29. The normalized spacial score (nSPS) is 23.6. The van der Waals surface area contributed by atoms with Crippen molar-refractivity contribution in [3.8, 4) is 0 Å². The van der Waals surface area contributed by atoms with E-state index in [2.05, 4.69) is 75.6 Å². The third-order valence-electron chi connectivity index (χ3n) is 4.22. The van der Waals surface area contributed by atoms with E-state index >= 15 is 0 Å². The minimum atomic E-state index is 0. The molecule has 0 spiro atoms. The summed E-state index contributed by atoms with van der Waals surface area (Å²) < 4.78 is 0.586. The van der Waals surface area contributed by atoms with Gasteiger partial charge in [0.05, 0.1) is 14.1 Å². The number of hydrogen-bond donors (Lipinski definition) is 0. The van der Waals surface area contributed by atoms with Crippen molar-refractivity contribution in [1.29, 1.82) is 0 Å². The van der Waals surface area contributed by atoms with E-state index in [9.17, 15) is 0 Å². The number of nitrogens with zero attached hydrogens (tertiary/aromatic N) is 1. The van der Waals surface area contributed by atoms with Crippen molar-refractivity contribution >= 4 is 0 Å². The lowest BCUT2D eigenvalue weighted by Crippen LogP contribution is -3.00. The molecule has 3 heteroatoms. The molecule has 1 saturated heterocycles. The fourth-order valence-corrected chi connectivity index (χ4v) is 3.05. The summed E-state index contributed by atoms with van der Waals surface area (Å²) >= 11 is 0. The maximum absolute atomic E-state index is 6.27. The standard InChI is InChI=1S/C18H22NO.HI/c1-14-9-11-15(12-10-14)17-13-18(20-19(17,2)3)16-7-5-4-6-8-16;/h4-12,17-18H,13H2,1-3H3;1H/q+1;/p-1. The summed E-state index contributed by atoms with van der Waals surface area (Å²) in [4.78, 5) is 6.27. The van der Waals surface area contributed by atoms with Gasteiger partial charge in [-0.25, -0.2) is 0 Å². The molecule has 0 aliphatic carbocycles. The molecule has 0 N–H and O–H groups in total. The Hall–Kier alpha value is -0.910. The highest BCUT2D eigenvalue weighted by molar-refractivity contribution is 5.25. The molecular formula is C18H22INO. The van der Waals surface area contributed by atoms with Crippen LogP contribution in [0.4, 0.5) is 0 Å². The third-order valence-corrected chi connectivity index (χ3v) is 4.22. The van der Waals surface area contributed by atoms with Crippen LogP contribution in [0.5, 0.6) is 0 Å². The maximum Gasteiger partial charge on any atom is 0.148 e. The van der Waals surface area contributed by atoms with Gasteiger partial charge in [-0.15, -0.1) is 0 Å². The molecule has 2 unspecified atom stereocenters. The van der Waals surface area contributed by atoms with E-state index in [0.29, 0.717) is 10.7 Å². The maximum atomic E-state index is 6.27. The molecule has 0 saturated carbocycles. The van der Waals surface area contributed by atoms with Gasteiger partial charge in [0.1, 0.15) is 12.1 Å². The van der Waals surface area contributed by atoms with Crippen LogP contribution < -0.4 is 24.0 Å². The van der Waals surface area contributed by atoms with Crippen LogP contribution in [0.25, 0.3) is 0 Å². The van der Waals surface area contributed by atoms with Gasteiger partial charge in [0.15, 0.2) is 0 Å². The number of quaternary nitrogens is 1. The Kier molecular flexibility index (Phi) is 5.07. The number of hydroxylamine groups is 3. The second-order valence-corrected chi connectivity index (χ2v) is 6.10. The van der Waals surface area contributed by atoms with Crippen LogP contribution in [0.15, 0.2) is 54.6 Å². The highest BCUT2D eigenvalue weighted by Crippen LogP contribution is 2.44. The predicted octanol–water partition coefficient (Wildman–Crippen LogP) is 1.19. The molecular weight excluding hydrogens is 373 g/mol. The molecule has 2 atom stereocenters. The SMILES string of the molecule is Cc1ccc(C2CC(c3ccccc3)O[N+]2(C)C)cc1.[I-]. The van der Waals surface area contributed by atoms with Gasteiger partial charge in [-0.2, -0.15) is 9.48 Å². The zero-order valence-electron chi connectivity index (χ0n) is 12.8. The average Bonchev–Trinajstić information content (AvgIpc) is 2.77. The molecule has 0 radical (unpaired) electrons. The van der Waals surface area contributed by atoms with Crippen molar-refractivity contribution in [1.82, 2.24) is 0 Å². The van der Waals surface area contributed by atoms with E-state index in [0.717, 1.165) is 6.42 Å². The molecule has 0 bridgehead atoms. The van der Waals surface area contributed by atoms with E-state index < -0.39 is 0 Å². The first-order valence-electron chi connectivity index (χ1n) is 7.20. The quantitative estimate of drug-likeness (QED) is 0.549. The fourth-order valence-electron chi connectivity index (χ4n) is 3.05. The van der Waals surface area contributed by atoms with Gasteiger partial charge in [0, 0.05) is 12.0 Å². The fraction of sp³-hybridized carbons (Fsp3) is 0.333. The number of halogens is 1. The summed E-state index contributed by atoms with van der Waals surface area (Å²) in [6.45, 7) is 2.13. The summed E-state index contributed by atoms with van der Waals surface area (Å²) in [6, 6.07) is 19.8. The van der Waals surface area contributed by atoms with Gasteiger partial charge in [-0.3, -0.25) is 0 Å². The molecule has 0 aromatic heterocycles. The molecule has 1 aliphatic rings. The Balaban J connectivity index is 0.00000161. The highest BCUT2D eigenvalue weighted by atomic mass is 127. The molecule has 0 amide bonds. The second kappa shape index (κ2) is 6.46. The molecule has 2 aromatic carbocycles. The van der Waals surface area contributed by atoms with Crippen LogP contribution in [-0.4, -0.2) is 18.7 Å². The van der Waals surface area contributed by atoms with E-state index in [-0.39, 0.29) is 30.1 Å². The predicted molar refractivity (Wildman–Crippen MR) is 80.9 cm³/mol. The molecule has 1 heterocycles. The van der Waals surface area contributed by atoms with Crippen molar-refractivity contribution in [3.63, 3.8) is 0 Å². The minimum absolute atomic E-state index is 0. The first kappa shape index (κ1) is 16.5. The van der Waals surface area contributed by atoms with E-state index in [1.54, 1.807) is 0 Å². The van der Waals surface area contributed by atoms with E-state index in [4.69, 9.17) is 4.84 Å². The van der Waals surface area contributed by atoms with Gasteiger partial charge < -0.3 is 24.0 Å². The van der Waals surface area contributed by atoms with Gasteiger partial charge in [-0.05, 0) is 12.5 Å². The van der Waals surface area contributed by atoms with Crippen molar-refractivity contribution in [3.05, 3.63) is 71.3 Å². The van der Waals surface area contributed by atoms with Gasteiger partial charge in [0.25, 0.3) is 0 Å². The highest BCUT2D eigenvalue weighted by Gasteiger charge is 2.44. The summed E-state index contributed by atoms with van der Waals surface area (Å²) in [5.74, 6) is 0. The first-order valence-corrected chi connectivity index (χ1v) is 7.20. The van der Waals surface area contributed by atoms with E-state index in [1.165, 1.54) is 16.7 Å². The largest absolute Gasteiger partial charge is 1.00 e. The minimum Gasteiger partial charge on any atom is -1.00 e. The first-order chi connectivity index (χ1) is 9.56. The van der Waals surface area contributed by atoms with Crippen LogP contribution >= 0.6 is 0 Å². The molecule has 1 aliphatic heterocycles. The van der Waals surface area contributed by atoms with Crippen LogP contribution in [0.2, 0.25) is 0 Å². The molecule has 2 aromatic rings. The molecule has 2 nitrogen and oxygen atoms in total. The zero-order chi connectivity index (χ0) is 14.2. The lowest BCUT2D eigenvalue weighted by atomic mass is 9.97. The van der Waals surface area contributed by atoms with Crippen molar-refractivity contribution in [2.75, 3.05) is 14.1 Å². The Morgan fingerprint density at radius 1 is 0.905 bits per heavy atom. The Morgan fingerprint density at radius 2 is 1.52 bits per heavy atom. The number of aryl methyl sites for hydroxylation is 1. The lowest BCUT2D eigenvalue weighted by Gasteiger charge is -2.28. The number of hydrogen-bond acceptors (Lipinski definition) is 1. The Morgan fingerprint density at radius 3 is 2.14 bits per heavy atom. The molecule has 3 rings (SSSR count). The number of benzene rings is 2. The van der Waals surface area contributed by atoms with E-state index in [1.807, 2.05) is 0 Å². The monoisotopic (exact) mass is 395 g/mol. The van der Waals surface area contributed by atoms with Crippen LogP contribution in [-0.2, 0) is 4.84 Å². The summed E-state index contributed by atoms with van der Waals surface area (Å²) in [5, 5.41) is 0. The topological polar surface area (TPSA) is 9.23 Å². The summed E-state index contributed by atoms with van der Waals surface area (Å²) in [6.07, 6.45) is 1.21. The second-order valence-electron chi connectivity index (χ2n) is 6.10. The molecule has 1 fully saturated rings. The third kappa shape index (κ3) is 3.47. The van der Waals surface area contributed by atoms with Gasteiger partial charge >= 0.3 is 0 Å². The van der Waals surface area contributed by atoms with Crippen LogP contribution in [0, 0.1) is 6.92 Å². The molecule has 112 valence electrons.